The van der Waals surface area contributed by atoms with E-state index >= 15 is 0 Å². The lowest BCUT2D eigenvalue weighted by Crippen LogP contribution is -2.56. The van der Waals surface area contributed by atoms with Gasteiger partial charge in [-0.25, -0.2) is 33.2 Å². The molecular formula is C15H26FN5O3S2. The smallest absolute Gasteiger partial charge is 0.320 e. The number of urea groups is 1. The van der Waals surface area contributed by atoms with Crippen molar-refractivity contribution >= 4 is 27.8 Å². The number of carbonyl (C=O) groups is 1. The first-order valence-corrected chi connectivity index (χ1v) is 11.5. The van der Waals surface area contributed by atoms with Crippen LogP contribution in [0.15, 0.2) is 0 Å². The molecule has 2 saturated carbocycles. The molecule has 4 rings (SSSR count). The van der Waals surface area contributed by atoms with Crippen LogP contribution in [-0.2, 0) is 10.0 Å². The van der Waals surface area contributed by atoms with Crippen LogP contribution in [0.5, 0.6) is 0 Å². The zero-order chi connectivity index (χ0) is 18.9. The summed E-state index contributed by atoms with van der Waals surface area (Å²) in [5, 5.41) is -0.715. The van der Waals surface area contributed by atoms with E-state index in [1.807, 2.05) is 13.8 Å². The van der Waals surface area contributed by atoms with Gasteiger partial charge in [0.1, 0.15) is 11.7 Å². The van der Waals surface area contributed by atoms with E-state index in [4.69, 9.17) is 0 Å². The summed E-state index contributed by atoms with van der Waals surface area (Å²) in [6.45, 7) is 3.83. The van der Waals surface area contributed by atoms with Crippen molar-refractivity contribution in [3.05, 3.63) is 0 Å². The van der Waals surface area contributed by atoms with Crippen molar-refractivity contribution in [1.82, 2.24) is 25.4 Å². The molecule has 2 aliphatic carbocycles. The molecule has 6 atom stereocenters. The molecule has 0 spiro atoms. The fraction of sp³-hybridized carbons (Fsp3) is 0.933. The maximum atomic E-state index is 15.0. The number of hydrogen-bond acceptors (Lipinski definition) is 6. The number of sulfonamides is 1. The summed E-state index contributed by atoms with van der Waals surface area (Å²) in [6.07, 6.45) is 0.434. The molecule has 3 N–H and O–H groups in total. The van der Waals surface area contributed by atoms with E-state index in [0.29, 0.717) is 0 Å². The summed E-state index contributed by atoms with van der Waals surface area (Å²) < 4.78 is 43.3. The molecular weight excluding hydrogens is 381 g/mol. The van der Waals surface area contributed by atoms with Crippen LogP contribution < -0.4 is 15.6 Å². The number of hydrazine groups is 1. The van der Waals surface area contributed by atoms with E-state index in [-0.39, 0.29) is 35.3 Å². The largest absolute Gasteiger partial charge is 0.322 e. The summed E-state index contributed by atoms with van der Waals surface area (Å²) >= 11 is 1.52. The van der Waals surface area contributed by atoms with Crippen LogP contribution in [-0.4, -0.2) is 71.2 Å². The number of fused-ring (bicyclic) bond motifs is 1. The fourth-order valence-corrected chi connectivity index (χ4v) is 7.18. The summed E-state index contributed by atoms with van der Waals surface area (Å²) in [7, 11) is -2.03. The maximum absolute atomic E-state index is 15.0. The molecule has 4 aliphatic rings. The average Bonchev–Trinajstić information content (AvgIpc) is 2.99. The SMILES string of the molecule is CC1NNC(N2C(=O)N(C)C3C(F)CC(S(=O)(=O)NC4(C)CC4)CC32)S1. The first kappa shape index (κ1) is 18.7. The molecule has 11 heteroatoms. The van der Waals surface area contributed by atoms with Crippen molar-refractivity contribution in [1.29, 1.82) is 0 Å². The minimum atomic E-state index is -3.63. The van der Waals surface area contributed by atoms with Crippen molar-refractivity contribution < 1.29 is 17.6 Å². The van der Waals surface area contributed by atoms with Gasteiger partial charge in [0.2, 0.25) is 10.0 Å². The highest BCUT2D eigenvalue weighted by Crippen LogP contribution is 2.42. The molecule has 26 heavy (non-hydrogen) atoms. The number of hydrogen-bond donors (Lipinski definition) is 3. The second kappa shape index (κ2) is 6.20. The van der Waals surface area contributed by atoms with Crippen LogP contribution in [0.2, 0.25) is 0 Å². The predicted molar refractivity (Wildman–Crippen MR) is 97.3 cm³/mol. The third-order valence-corrected chi connectivity index (χ3v) is 9.08. The zero-order valence-corrected chi connectivity index (χ0v) is 16.7. The lowest BCUT2D eigenvalue weighted by Gasteiger charge is -2.39. The molecule has 2 heterocycles. The lowest BCUT2D eigenvalue weighted by molar-refractivity contribution is 0.109. The van der Waals surface area contributed by atoms with Crippen molar-refractivity contribution in [3.8, 4) is 0 Å². The van der Waals surface area contributed by atoms with Gasteiger partial charge in [-0.3, -0.25) is 4.90 Å². The van der Waals surface area contributed by atoms with Gasteiger partial charge in [-0.1, -0.05) is 0 Å². The van der Waals surface area contributed by atoms with Gasteiger partial charge in [-0.15, -0.1) is 11.8 Å². The van der Waals surface area contributed by atoms with Gasteiger partial charge in [0, 0.05) is 12.6 Å². The van der Waals surface area contributed by atoms with Gasteiger partial charge in [0.15, 0.2) is 0 Å². The molecule has 8 nitrogen and oxygen atoms in total. The minimum absolute atomic E-state index is 0.0715. The standard InChI is InChI=1S/C15H26FN5O3S2/c1-8-17-18-13(25-8)21-11-7-9(26(23,24)19-15(2)4-5-15)6-10(16)12(11)20(3)14(21)22/h8-13,17-19H,4-7H2,1-3H3. The fourth-order valence-electron chi connectivity index (χ4n) is 4.20. The molecule has 2 amide bonds. The van der Waals surface area contributed by atoms with Crippen LogP contribution in [0.25, 0.3) is 0 Å². The Hall–Kier alpha value is -0.620. The number of nitrogens with zero attached hydrogens (tertiary/aromatic N) is 2. The number of nitrogens with one attached hydrogen (secondary N) is 3. The molecule has 0 aromatic rings. The Labute approximate surface area is 157 Å². The van der Waals surface area contributed by atoms with Crippen LogP contribution in [0.4, 0.5) is 9.18 Å². The second-order valence-corrected chi connectivity index (χ2v) is 11.5. The number of alkyl halides is 1. The van der Waals surface area contributed by atoms with E-state index in [0.717, 1.165) is 12.8 Å². The number of thioether (sulfide) groups is 1. The molecule has 2 saturated heterocycles. The Kier molecular flexibility index (Phi) is 4.46. The van der Waals surface area contributed by atoms with Crippen molar-refractivity contribution in [2.75, 3.05) is 7.05 Å². The zero-order valence-electron chi connectivity index (χ0n) is 15.1. The predicted octanol–water partition coefficient (Wildman–Crippen LogP) is 0.534. The molecule has 0 aromatic heterocycles. The number of amides is 2. The van der Waals surface area contributed by atoms with Crippen LogP contribution in [0.3, 0.4) is 0 Å². The Morgan fingerprint density at radius 3 is 2.58 bits per heavy atom. The number of carbonyl (C=O) groups excluding carboxylic acids is 1. The van der Waals surface area contributed by atoms with Gasteiger partial charge in [-0.2, -0.15) is 0 Å². The van der Waals surface area contributed by atoms with Crippen molar-refractivity contribution in [2.45, 2.75) is 79.4 Å². The van der Waals surface area contributed by atoms with Crippen molar-refractivity contribution in [2.24, 2.45) is 0 Å². The second-order valence-electron chi connectivity index (χ2n) is 8.10. The highest BCUT2D eigenvalue weighted by Gasteiger charge is 2.57. The van der Waals surface area contributed by atoms with Crippen LogP contribution in [0, 0.1) is 0 Å². The number of rotatable bonds is 4. The van der Waals surface area contributed by atoms with Gasteiger partial charge >= 0.3 is 6.03 Å². The van der Waals surface area contributed by atoms with E-state index in [2.05, 4.69) is 15.6 Å². The molecule has 2 aliphatic heterocycles. The van der Waals surface area contributed by atoms with E-state index in [1.54, 1.807) is 11.9 Å². The summed E-state index contributed by atoms with van der Waals surface area (Å²) in [5.41, 5.74) is 5.38. The summed E-state index contributed by atoms with van der Waals surface area (Å²) in [4.78, 5) is 15.8. The first-order valence-electron chi connectivity index (χ1n) is 9.00. The summed E-state index contributed by atoms with van der Waals surface area (Å²) in [6, 6.07) is -1.34. The highest BCUT2D eigenvalue weighted by atomic mass is 32.2. The minimum Gasteiger partial charge on any atom is -0.320 e. The molecule has 0 aromatic carbocycles. The van der Waals surface area contributed by atoms with E-state index < -0.39 is 33.5 Å². The molecule has 6 unspecified atom stereocenters. The Bertz CT molecular complexity index is 703. The maximum Gasteiger partial charge on any atom is 0.322 e. The molecule has 4 fully saturated rings. The Morgan fingerprint density at radius 1 is 1.31 bits per heavy atom. The Balaban J connectivity index is 1.58. The third-order valence-electron chi connectivity index (χ3n) is 5.91. The van der Waals surface area contributed by atoms with Gasteiger partial charge in [0.25, 0.3) is 0 Å². The summed E-state index contributed by atoms with van der Waals surface area (Å²) in [5.74, 6) is 0. The number of likely N-dealkylation sites (N-methyl/N-ethyl adjacent to an activating group) is 1. The van der Waals surface area contributed by atoms with Crippen LogP contribution >= 0.6 is 11.8 Å². The Morgan fingerprint density at radius 2 is 2.00 bits per heavy atom. The van der Waals surface area contributed by atoms with Crippen LogP contribution in [0.1, 0.15) is 39.5 Å². The molecule has 148 valence electrons. The average molecular weight is 408 g/mol. The third kappa shape index (κ3) is 3.11. The lowest BCUT2D eigenvalue weighted by atomic mass is 9.88. The number of halogens is 1. The highest BCUT2D eigenvalue weighted by molar-refractivity contribution is 8.00. The van der Waals surface area contributed by atoms with E-state index in [1.165, 1.54) is 16.7 Å². The van der Waals surface area contributed by atoms with E-state index in [9.17, 15) is 17.6 Å². The topological polar surface area (TPSA) is 93.8 Å². The quantitative estimate of drug-likeness (QED) is 0.630. The van der Waals surface area contributed by atoms with Gasteiger partial charge in [0.05, 0.1) is 22.7 Å². The molecule has 0 bridgehead atoms. The van der Waals surface area contributed by atoms with Gasteiger partial charge in [-0.05, 0) is 39.5 Å². The van der Waals surface area contributed by atoms with Crippen molar-refractivity contribution in [3.63, 3.8) is 0 Å². The van der Waals surface area contributed by atoms with Gasteiger partial charge < -0.3 is 4.90 Å². The first-order chi connectivity index (χ1) is 12.1. The normalized spacial score (nSPS) is 42.2. The molecule has 0 radical (unpaired) electrons. The monoisotopic (exact) mass is 407 g/mol.